The highest BCUT2D eigenvalue weighted by Crippen LogP contribution is 2.23. The zero-order valence-corrected chi connectivity index (χ0v) is 14.0. The molecule has 2 rings (SSSR count). The molecule has 0 aliphatic rings. The molecule has 0 amide bonds. The second kappa shape index (κ2) is 6.39. The van der Waals surface area contributed by atoms with Gasteiger partial charge in [0, 0.05) is 9.99 Å². The van der Waals surface area contributed by atoms with Crippen molar-refractivity contribution in [2.75, 3.05) is 7.11 Å². The lowest BCUT2D eigenvalue weighted by molar-refractivity contribution is 0.0990. The summed E-state index contributed by atoms with van der Waals surface area (Å²) in [5, 5.41) is 0. The monoisotopic (exact) mass is 380 g/mol. The third-order valence-corrected chi connectivity index (χ3v) is 3.99. The van der Waals surface area contributed by atoms with Crippen LogP contribution in [0.4, 0.5) is 0 Å². The van der Waals surface area contributed by atoms with Crippen LogP contribution >= 0.6 is 22.6 Å². The Labute approximate surface area is 133 Å². The Bertz CT molecular complexity index is 647. The van der Waals surface area contributed by atoms with Gasteiger partial charge in [0.05, 0.1) is 12.7 Å². The molecular weight excluding hydrogens is 363 g/mol. The first-order valence-electron chi connectivity index (χ1n) is 6.44. The molecule has 0 aromatic heterocycles. The number of ketones is 1. The second-order valence-corrected chi connectivity index (χ2v) is 6.12. The summed E-state index contributed by atoms with van der Waals surface area (Å²) in [5.74, 6) is 0.731. The van der Waals surface area contributed by atoms with Crippen LogP contribution in [0, 0.1) is 17.4 Å². The van der Waals surface area contributed by atoms with E-state index in [4.69, 9.17) is 4.74 Å². The minimum Gasteiger partial charge on any atom is -0.496 e. The Hall–Kier alpha value is -1.36. The van der Waals surface area contributed by atoms with Crippen molar-refractivity contribution in [3.05, 3.63) is 62.2 Å². The van der Waals surface area contributed by atoms with Crippen molar-refractivity contribution in [2.45, 2.75) is 20.3 Å². The van der Waals surface area contributed by atoms with Gasteiger partial charge in [0.15, 0.2) is 5.78 Å². The molecule has 0 saturated heterocycles. The number of ether oxygens (including phenoxy) is 1. The van der Waals surface area contributed by atoms with Gasteiger partial charge in [-0.2, -0.15) is 0 Å². The average molecular weight is 380 g/mol. The summed E-state index contributed by atoms with van der Waals surface area (Å²) >= 11 is 2.21. The van der Waals surface area contributed by atoms with Gasteiger partial charge < -0.3 is 4.74 Å². The quantitative estimate of drug-likeness (QED) is 0.583. The summed E-state index contributed by atoms with van der Waals surface area (Å²) in [4.78, 5) is 12.5. The van der Waals surface area contributed by atoms with Crippen molar-refractivity contribution in [1.29, 1.82) is 0 Å². The Morgan fingerprint density at radius 3 is 2.60 bits per heavy atom. The van der Waals surface area contributed by atoms with Crippen LogP contribution in [-0.4, -0.2) is 12.9 Å². The van der Waals surface area contributed by atoms with Crippen LogP contribution in [0.25, 0.3) is 0 Å². The normalized spacial score (nSPS) is 10.4. The van der Waals surface area contributed by atoms with Crippen molar-refractivity contribution in [1.82, 2.24) is 0 Å². The van der Waals surface area contributed by atoms with Gasteiger partial charge in [0.25, 0.3) is 0 Å². The van der Waals surface area contributed by atoms with Crippen molar-refractivity contribution in [3.63, 3.8) is 0 Å². The summed E-state index contributed by atoms with van der Waals surface area (Å²) in [6.07, 6.45) is 0.407. The van der Waals surface area contributed by atoms with E-state index in [1.807, 2.05) is 32.0 Å². The number of methoxy groups -OCH3 is 1. The Morgan fingerprint density at radius 2 is 1.90 bits per heavy atom. The van der Waals surface area contributed by atoms with Crippen LogP contribution in [-0.2, 0) is 6.42 Å². The number of carbonyl (C=O) groups excluding carboxylic acids is 1. The zero-order chi connectivity index (χ0) is 14.7. The summed E-state index contributed by atoms with van der Waals surface area (Å²) in [6.45, 7) is 4.08. The van der Waals surface area contributed by atoms with Crippen LogP contribution in [0.15, 0.2) is 36.4 Å². The van der Waals surface area contributed by atoms with E-state index >= 15 is 0 Å². The van der Waals surface area contributed by atoms with Crippen LogP contribution in [0.1, 0.15) is 27.0 Å². The lowest BCUT2D eigenvalue weighted by Gasteiger charge is -2.10. The summed E-state index contributed by atoms with van der Waals surface area (Å²) in [6, 6.07) is 11.9. The molecule has 0 radical (unpaired) electrons. The Kier molecular flexibility index (Phi) is 4.81. The van der Waals surface area contributed by atoms with Gasteiger partial charge in [0.2, 0.25) is 0 Å². The predicted molar refractivity (Wildman–Crippen MR) is 89.7 cm³/mol. The molecule has 2 aromatic carbocycles. The van der Waals surface area contributed by atoms with Gasteiger partial charge >= 0.3 is 0 Å². The molecule has 0 saturated carbocycles. The van der Waals surface area contributed by atoms with Crippen molar-refractivity contribution in [2.24, 2.45) is 0 Å². The maximum atomic E-state index is 12.5. The number of Topliss-reactive ketones (excluding diaryl/α,β-unsaturated/α-hetero) is 1. The van der Waals surface area contributed by atoms with Crippen LogP contribution in [0.3, 0.4) is 0 Å². The van der Waals surface area contributed by atoms with Gasteiger partial charge in [-0.1, -0.05) is 23.8 Å². The third kappa shape index (κ3) is 3.39. The van der Waals surface area contributed by atoms with Crippen LogP contribution in [0.2, 0.25) is 0 Å². The first-order valence-corrected chi connectivity index (χ1v) is 7.52. The van der Waals surface area contributed by atoms with E-state index in [-0.39, 0.29) is 5.78 Å². The van der Waals surface area contributed by atoms with Crippen molar-refractivity contribution in [3.8, 4) is 5.75 Å². The van der Waals surface area contributed by atoms with Gasteiger partial charge in [-0.05, 0) is 65.8 Å². The summed E-state index contributed by atoms with van der Waals surface area (Å²) < 4.78 is 6.32. The van der Waals surface area contributed by atoms with Gasteiger partial charge in [-0.15, -0.1) is 0 Å². The molecule has 0 atom stereocenters. The Morgan fingerprint density at radius 1 is 1.15 bits per heavy atom. The molecule has 3 heteroatoms. The van der Waals surface area contributed by atoms with E-state index in [1.165, 1.54) is 5.56 Å². The highest BCUT2D eigenvalue weighted by Gasteiger charge is 2.14. The topological polar surface area (TPSA) is 26.3 Å². The van der Waals surface area contributed by atoms with Crippen molar-refractivity contribution >= 4 is 28.4 Å². The molecule has 0 heterocycles. The van der Waals surface area contributed by atoms with Gasteiger partial charge in [-0.25, -0.2) is 0 Å². The van der Waals surface area contributed by atoms with E-state index in [0.29, 0.717) is 17.7 Å². The lowest BCUT2D eigenvalue weighted by Crippen LogP contribution is -2.07. The molecule has 0 spiro atoms. The second-order valence-electron chi connectivity index (χ2n) is 4.87. The van der Waals surface area contributed by atoms with E-state index in [0.717, 1.165) is 14.7 Å². The standard InChI is InChI=1S/C17H17IO2/c1-11-4-5-12(2)13(8-11)9-16(19)15-10-14(18)6-7-17(15)20-3/h4-8,10H,9H2,1-3H3. The molecule has 0 N–H and O–H groups in total. The number of carbonyl (C=O) groups is 1. The van der Waals surface area contributed by atoms with Crippen molar-refractivity contribution < 1.29 is 9.53 Å². The maximum Gasteiger partial charge on any atom is 0.171 e. The molecule has 0 aliphatic heterocycles. The average Bonchev–Trinajstić information content (AvgIpc) is 2.42. The Balaban J connectivity index is 2.32. The third-order valence-electron chi connectivity index (χ3n) is 3.32. The lowest BCUT2D eigenvalue weighted by atomic mass is 9.97. The van der Waals surface area contributed by atoms with E-state index in [9.17, 15) is 4.79 Å². The van der Waals surface area contributed by atoms with Crippen LogP contribution in [0.5, 0.6) is 5.75 Å². The highest BCUT2D eigenvalue weighted by molar-refractivity contribution is 14.1. The van der Waals surface area contributed by atoms with Gasteiger partial charge in [-0.3, -0.25) is 4.79 Å². The number of benzene rings is 2. The molecule has 2 nitrogen and oxygen atoms in total. The number of halogens is 1. The molecule has 0 fully saturated rings. The van der Waals surface area contributed by atoms with E-state index in [2.05, 4.69) is 40.8 Å². The summed E-state index contributed by atoms with van der Waals surface area (Å²) in [5.41, 5.74) is 4.05. The van der Waals surface area contributed by atoms with Crippen LogP contribution < -0.4 is 4.74 Å². The molecule has 0 aliphatic carbocycles. The number of hydrogen-bond donors (Lipinski definition) is 0. The fourth-order valence-electron chi connectivity index (χ4n) is 2.16. The SMILES string of the molecule is COc1ccc(I)cc1C(=O)Cc1cc(C)ccc1C. The zero-order valence-electron chi connectivity index (χ0n) is 11.9. The van der Waals surface area contributed by atoms with E-state index in [1.54, 1.807) is 7.11 Å². The fourth-order valence-corrected chi connectivity index (χ4v) is 2.65. The van der Waals surface area contributed by atoms with E-state index < -0.39 is 0 Å². The molecule has 20 heavy (non-hydrogen) atoms. The largest absolute Gasteiger partial charge is 0.496 e. The minimum absolute atomic E-state index is 0.0917. The molecule has 0 unspecified atom stereocenters. The fraction of sp³-hybridized carbons (Fsp3) is 0.235. The molecule has 0 bridgehead atoms. The molecule has 104 valence electrons. The summed E-state index contributed by atoms with van der Waals surface area (Å²) in [7, 11) is 1.59. The molecular formula is C17H17IO2. The maximum absolute atomic E-state index is 12.5. The smallest absolute Gasteiger partial charge is 0.171 e. The predicted octanol–water partition coefficient (Wildman–Crippen LogP) is 4.34. The highest BCUT2D eigenvalue weighted by atomic mass is 127. The number of aryl methyl sites for hydroxylation is 2. The minimum atomic E-state index is 0.0917. The number of hydrogen-bond acceptors (Lipinski definition) is 2. The first-order chi connectivity index (χ1) is 9.51. The van der Waals surface area contributed by atoms with Gasteiger partial charge in [0.1, 0.15) is 5.75 Å². The first kappa shape index (κ1) is 15.0. The number of rotatable bonds is 4. The molecule has 2 aromatic rings.